The summed E-state index contributed by atoms with van der Waals surface area (Å²) in [7, 11) is 0. The fraction of sp³-hybridized carbons (Fsp3) is 0.217. The molecule has 2 aromatic carbocycles. The molecule has 4 rings (SSSR count). The molecule has 0 saturated carbocycles. The van der Waals surface area contributed by atoms with Gasteiger partial charge in [-0.2, -0.15) is 0 Å². The molecule has 1 aromatic heterocycles. The van der Waals surface area contributed by atoms with Crippen molar-refractivity contribution in [3.05, 3.63) is 89.6 Å². The molecule has 7 heteroatoms. The third kappa shape index (κ3) is 4.80. The Hall–Kier alpha value is -3.32. The van der Waals surface area contributed by atoms with Gasteiger partial charge in [0.25, 0.3) is 5.91 Å². The van der Waals surface area contributed by atoms with Crippen molar-refractivity contribution in [1.82, 2.24) is 10.3 Å². The predicted molar refractivity (Wildman–Crippen MR) is 112 cm³/mol. The van der Waals surface area contributed by atoms with Gasteiger partial charge in [0.2, 0.25) is 0 Å². The fourth-order valence-corrected chi connectivity index (χ4v) is 3.48. The van der Waals surface area contributed by atoms with E-state index in [4.69, 9.17) is 0 Å². The maximum atomic E-state index is 13.3. The highest BCUT2D eigenvalue weighted by atomic mass is 19.2. The first-order valence-corrected chi connectivity index (χ1v) is 9.83. The molecule has 1 aliphatic rings. The van der Waals surface area contributed by atoms with Gasteiger partial charge in [0.05, 0.1) is 5.56 Å². The van der Waals surface area contributed by atoms with Crippen LogP contribution in [-0.2, 0) is 6.54 Å². The van der Waals surface area contributed by atoms with Crippen LogP contribution in [0.15, 0.2) is 66.9 Å². The van der Waals surface area contributed by atoms with Crippen LogP contribution in [-0.4, -0.2) is 30.0 Å². The number of rotatable bonds is 6. The molecule has 2 heterocycles. The maximum absolute atomic E-state index is 13.3. The number of aromatic nitrogens is 1. The number of nitrogens with one attached hydrogen (secondary N) is 2. The molecular weight excluding hydrogens is 386 g/mol. The van der Waals surface area contributed by atoms with Gasteiger partial charge in [-0.05, 0) is 48.4 Å². The van der Waals surface area contributed by atoms with Gasteiger partial charge in [-0.25, -0.2) is 13.8 Å². The number of carbonyl (C=O) groups excluding carboxylic acids is 1. The van der Waals surface area contributed by atoms with Gasteiger partial charge in [-0.15, -0.1) is 0 Å². The second kappa shape index (κ2) is 9.00. The molecular formula is C23H22F2N4O. The molecule has 1 atom stereocenters. The highest BCUT2D eigenvalue weighted by Gasteiger charge is 2.23. The number of benzene rings is 2. The lowest BCUT2D eigenvalue weighted by Crippen LogP contribution is -2.32. The predicted octanol–water partition coefficient (Wildman–Crippen LogP) is 3.98. The SMILES string of the molecule is O=C(Nc1ccccc1)c1ccc(N2CC[C@H](NCc3ccc(F)c(F)c3)C2)nc1. The molecule has 0 aliphatic carbocycles. The van der Waals surface area contributed by atoms with Crippen molar-refractivity contribution >= 4 is 17.4 Å². The van der Waals surface area contributed by atoms with E-state index >= 15 is 0 Å². The van der Waals surface area contributed by atoms with Crippen molar-refractivity contribution < 1.29 is 13.6 Å². The number of carbonyl (C=O) groups is 1. The zero-order valence-electron chi connectivity index (χ0n) is 16.3. The van der Waals surface area contributed by atoms with Gasteiger partial charge in [-0.1, -0.05) is 24.3 Å². The van der Waals surface area contributed by atoms with E-state index in [0.717, 1.165) is 37.1 Å². The molecule has 0 spiro atoms. The van der Waals surface area contributed by atoms with Crippen LogP contribution in [0.3, 0.4) is 0 Å². The zero-order valence-corrected chi connectivity index (χ0v) is 16.3. The van der Waals surface area contributed by atoms with Crippen LogP contribution >= 0.6 is 0 Å². The Morgan fingerprint density at radius 2 is 1.90 bits per heavy atom. The standard InChI is InChI=1S/C23H22F2N4O/c24-20-8-6-16(12-21(20)25)13-26-19-10-11-29(15-19)22-9-7-17(14-27-22)23(30)28-18-4-2-1-3-5-18/h1-9,12,14,19,26H,10-11,13,15H2,(H,28,30)/t19-/m0/s1. The average molecular weight is 408 g/mol. The van der Waals surface area contributed by atoms with Crippen LogP contribution in [0.2, 0.25) is 0 Å². The van der Waals surface area contributed by atoms with E-state index in [9.17, 15) is 13.6 Å². The first-order valence-electron chi connectivity index (χ1n) is 9.83. The highest BCUT2D eigenvalue weighted by molar-refractivity contribution is 6.04. The van der Waals surface area contributed by atoms with Crippen molar-refractivity contribution in [1.29, 1.82) is 0 Å². The summed E-state index contributed by atoms with van der Waals surface area (Å²) >= 11 is 0. The van der Waals surface area contributed by atoms with Crippen LogP contribution < -0.4 is 15.5 Å². The van der Waals surface area contributed by atoms with Crippen molar-refractivity contribution in [2.75, 3.05) is 23.3 Å². The average Bonchev–Trinajstić information content (AvgIpc) is 3.24. The number of hydrogen-bond donors (Lipinski definition) is 2. The summed E-state index contributed by atoms with van der Waals surface area (Å²) in [6.07, 6.45) is 2.50. The lowest BCUT2D eigenvalue weighted by atomic mass is 10.2. The largest absolute Gasteiger partial charge is 0.355 e. The van der Waals surface area contributed by atoms with Crippen LogP contribution in [0, 0.1) is 11.6 Å². The number of hydrogen-bond acceptors (Lipinski definition) is 4. The normalized spacial score (nSPS) is 15.9. The summed E-state index contributed by atoms with van der Waals surface area (Å²) in [5, 5.41) is 6.22. The fourth-order valence-electron chi connectivity index (χ4n) is 3.48. The van der Waals surface area contributed by atoms with Gasteiger partial charge in [0.15, 0.2) is 11.6 Å². The number of amides is 1. The summed E-state index contributed by atoms with van der Waals surface area (Å²) in [6.45, 7) is 2.06. The maximum Gasteiger partial charge on any atom is 0.257 e. The van der Waals surface area contributed by atoms with Crippen LogP contribution in [0.4, 0.5) is 20.3 Å². The first-order chi connectivity index (χ1) is 14.6. The van der Waals surface area contributed by atoms with E-state index in [0.29, 0.717) is 17.7 Å². The van der Waals surface area contributed by atoms with Gasteiger partial charge in [0.1, 0.15) is 5.82 Å². The Balaban J connectivity index is 1.30. The smallest absolute Gasteiger partial charge is 0.257 e. The Bertz CT molecular complexity index is 1010. The molecule has 154 valence electrons. The molecule has 3 aromatic rings. The summed E-state index contributed by atoms with van der Waals surface area (Å²) < 4.78 is 26.4. The number of nitrogens with zero attached hydrogens (tertiary/aromatic N) is 2. The Morgan fingerprint density at radius 3 is 2.63 bits per heavy atom. The molecule has 1 aliphatic heterocycles. The molecule has 0 unspecified atom stereocenters. The molecule has 0 bridgehead atoms. The van der Waals surface area contributed by atoms with Crippen molar-refractivity contribution in [3.63, 3.8) is 0 Å². The van der Waals surface area contributed by atoms with Crippen LogP contribution in [0.1, 0.15) is 22.3 Å². The lowest BCUT2D eigenvalue weighted by molar-refractivity contribution is 0.102. The summed E-state index contributed by atoms with van der Waals surface area (Å²) in [6, 6.07) is 17.1. The lowest BCUT2D eigenvalue weighted by Gasteiger charge is -2.18. The minimum absolute atomic E-state index is 0.201. The van der Waals surface area contributed by atoms with E-state index in [1.54, 1.807) is 18.3 Å². The molecule has 1 fully saturated rings. The third-order valence-electron chi connectivity index (χ3n) is 5.13. The summed E-state index contributed by atoms with van der Waals surface area (Å²) in [4.78, 5) is 18.9. The van der Waals surface area contributed by atoms with Gasteiger partial charge in [-0.3, -0.25) is 4.79 Å². The van der Waals surface area contributed by atoms with Crippen molar-refractivity contribution in [2.24, 2.45) is 0 Å². The minimum Gasteiger partial charge on any atom is -0.355 e. The Morgan fingerprint density at radius 1 is 1.07 bits per heavy atom. The van der Waals surface area contributed by atoms with Crippen LogP contribution in [0.25, 0.3) is 0 Å². The van der Waals surface area contributed by atoms with Gasteiger partial charge >= 0.3 is 0 Å². The Kier molecular flexibility index (Phi) is 5.99. The summed E-state index contributed by atoms with van der Waals surface area (Å²) in [5.74, 6) is -1.06. The molecule has 2 N–H and O–H groups in total. The molecule has 5 nitrogen and oxygen atoms in total. The topological polar surface area (TPSA) is 57.3 Å². The van der Waals surface area contributed by atoms with E-state index in [2.05, 4.69) is 20.5 Å². The second-order valence-corrected chi connectivity index (χ2v) is 7.29. The zero-order chi connectivity index (χ0) is 20.9. The van der Waals surface area contributed by atoms with Crippen molar-refractivity contribution in [2.45, 2.75) is 19.0 Å². The first kappa shape index (κ1) is 20.0. The van der Waals surface area contributed by atoms with Gasteiger partial charge in [0, 0.05) is 37.6 Å². The number of para-hydroxylation sites is 1. The molecule has 0 radical (unpaired) electrons. The second-order valence-electron chi connectivity index (χ2n) is 7.29. The molecule has 30 heavy (non-hydrogen) atoms. The number of pyridine rings is 1. The van der Waals surface area contributed by atoms with Crippen LogP contribution in [0.5, 0.6) is 0 Å². The number of anilines is 2. The van der Waals surface area contributed by atoms with E-state index < -0.39 is 11.6 Å². The summed E-state index contributed by atoms with van der Waals surface area (Å²) in [5.41, 5.74) is 1.94. The van der Waals surface area contributed by atoms with E-state index in [1.807, 2.05) is 36.4 Å². The van der Waals surface area contributed by atoms with E-state index in [-0.39, 0.29) is 11.9 Å². The monoisotopic (exact) mass is 408 g/mol. The minimum atomic E-state index is -0.835. The quantitative estimate of drug-likeness (QED) is 0.648. The number of halogens is 2. The van der Waals surface area contributed by atoms with Crippen molar-refractivity contribution in [3.8, 4) is 0 Å². The highest BCUT2D eigenvalue weighted by Crippen LogP contribution is 2.19. The van der Waals surface area contributed by atoms with E-state index in [1.165, 1.54) is 6.07 Å². The third-order valence-corrected chi connectivity index (χ3v) is 5.13. The van der Waals surface area contributed by atoms with Gasteiger partial charge < -0.3 is 15.5 Å². The Labute approximate surface area is 173 Å². The molecule has 1 amide bonds. The molecule has 1 saturated heterocycles.